The standard InChI is InChI=1S/C12H11ClO2/c1-7-8(2)15-12(14)11(7)9-5-3-4-6-10(9)13/h3-6,8H,1-2H3. The Morgan fingerprint density at radius 2 is 2.00 bits per heavy atom. The Morgan fingerprint density at radius 1 is 1.33 bits per heavy atom. The molecule has 1 aliphatic heterocycles. The number of halogens is 1. The quantitative estimate of drug-likeness (QED) is 0.683. The van der Waals surface area contributed by atoms with E-state index in [1.807, 2.05) is 32.0 Å². The van der Waals surface area contributed by atoms with E-state index >= 15 is 0 Å². The van der Waals surface area contributed by atoms with E-state index in [1.165, 1.54) is 0 Å². The zero-order valence-corrected chi connectivity index (χ0v) is 9.34. The summed E-state index contributed by atoms with van der Waals surface area (Å²) in [5, 5.41) is 0.581. The minimum Gasteiger partial charge on any atom is -0.455 e. The van der Waals surface area contributed by atoms with Crippen LogP contribution in [0.5, 0.6) is 0 Å². The van der Waals surface area contributed by atoms with Gasteiger partial charge in [-0.15, -0.1) is 0 Å². The summed E-state index contributed by atoms with van der Waals surface area (Å²) in [7, 11) is 0. The van der Waals surface area contributed by atoms with Crippen molar-refractivity contribution >= 4 is 23.1 Å². The molecule has 2 nitrogen and oxygen atoms in total. The Morgan fingerprint density at radius 3 is 2.53 bits per heavy atom. The third-order valence-electron chi connectivity index (χ3n) is 2.64. The van der Waals surface area contributed by atoms with Gasteiger partial charge in [0.05, 0.1) is 5.57 Å². The van der Waals surface area contributed by atoms with Crippen LogP contribution in [0.3, 0.4) is 0 Å². The molecular weight excluding hydrogens is 212 g/mol. The zero-order chi connectivity index (χ0) is 11.0. The molecule has 78 valence electrons. The Kier molecular flexibility index (Phi) is 2.53. The lowest BCUT2D eigenvalue weighted by Gasteiger charge is -2.02. The van der Waals surface area contributed by atoms with Crippen LogP contribution in [-0.2, 0) is 9.53 Å². The zero-order valence-electron chi connectivity index (χ0n) is 8.58. The predicted octanol–water partition coefficient (Wildman–Crippen LogP) is 3.06. The van der Waals surface area contributed by atoms with Crippen LogP contribution in [0.2, 0.25) is 5.02 Å². The molecule has 1 atom stereocenters. The smallest absolute Gasteiger partial charge is 0.339 e. The van der Waals surface area contributed by atoms with Gasteiger partial charge in [0.15, 0.2) is 0 Å². The van der Waals surface area contributed by atoms with E-state index in [1.54, 1.807) is 6.07 Å². The Hall–Kier alpha value is -1.28. The molecule has 0 bridgehead atoms. The number of rotatable bonds is 1. The molecule has 2 rings (SSSR count). The highest BCUT2D eigenvalue weighted by Gasteiger charge is 2.30. The van der Waals surface area contributed by atoms with Crippen molar-refractivity contribution in [3.63, 3.8) is 0 Å². The fourth-order valence-corrected chi connectivity index (χ4v) is 1.89. The van der Waals surface area contributed by atoms with Crippen LogP contribution in [-0.4, -0.2) is 12.1 Å². The molecule has 0 saturated carbocycles. The van der Waals surface area contributed by atoms with Gasteiger partial charge in [0.25, 0.3) is 0 Å². The van der Waals surface area contributed by atoms with Crippen LogP contribution >= 0.6 is 11.6 Å². The van der Waals surface area contributed by atoms with Gasteiger partial charge in [-0.1, -0.05) is 29.8 Å². The third kappa shape index (κ3) is 1.65. The minimum absolute atomic E-state index is 0.149. The average Bonchev–Trinajstić information content (AvgIpc) is 2.43. The van der Waals surface area contributed by atoms with Gasteiger partial charge in [-0.3, -0.25) is 0 Å². The van der Waals surface area contributed by atoms with Gasteiger partial charge < -0.3 is 4.74 Å². The van der Waals surface area contributed by atoms with E-state index in [4.69, 9.17) is 16.3 Å². The molecule has 0 aliphatic carbocycles. The first-order valence-electron chi connectivity index (χ1n) is 4.78. The van der Waals surface area contributed by atoms with Crippen LogP contribution in [0.15, 0.2) is 29.8 Å². The largest absolute Gasteiger partial charge is 0.455 e. The van der Waals surface area contributed by atoms with Gasteiger partial charge in [-0.25, -0.2) is 4.79 Å². The van der Waals surface area contributed by atoms with E-state index in [2.05, 4.69) is 0 Å². The molecule has 0 saturated heterocycles. The molecule has 0 aromatic heterocycles. The number of esters is 1. The predicted molar refractivity (Wildman–Crippen MR) is 59.6 cm³/mol. The number of carbonyl (C=O) groups is 1. The Labute approximate surface area is 93.5 Å². The first-order chi connectivity index (χ1) is 7.11. The highest BCUT2D eigenvalue weighted by molar-refractivity contribution is 6.35. The van der Waals surface area contributed by atoms with Gasteiger partial charge >= 0.3 is 5.97 Å². The van der Waals surface area contributed by atoms with Crippen LogP contribution in [0, 0.1) is 0 Å². The molecule has 0 fully saturated rings. The molecule has 1 aromatic rings. The van der Waals surface area contributed by atoms with Crippen molar-refractivity contribution in [2.24, 2.45) is 0 Å². The molecule has 1 aromatic carbocycles. The Balaban J connectivity index is 2.57. The summed E-state index contributed by atoms with van der Waals surface area (Å²) in [5.74, 6) is -0.284. The molecule has 1 heterocycles. The normalized spacial score (nSPS) is 20.7. The molecule has 3 heteroatoms. The van der Waals surface area contributed by atoms with E-state index < -0.39 is 0 Å². The number of carbonyl (C=O) groups excluding carboxylic acids is 1. The summed E-state index contributed by atoms with van der Waals surface area (Å²) < 4.78 is 5.12. The second-order valence-corrected chi connectivity index (χ2v) is 3.99. The minimum atomic E-state index is -0.284. The fraction of sp³-hybridized carbons (Fsp3) is 0.250. The molecule has 1 aliphatic rings. The van der Waals surface area contributed by atoms with Gasteiger partial charge in [-0.05, 0) is 25.5 Å². The maximum atomic E-state index is 11.6. The topological polar surface area (TPSA) is 26.3 Å². The second kappa shape index (κ2) is 3.70. The third-order valence-corrected chi connectivity index (χ3v) is 2.96. The van der Waals surface area contributed by atoms with Crippen LogP contribution in [0.4, 0.5) is 0 Å². The number of hydrogen-bond acceptors (Lipinski definition) is 2. The average molecular weight is 223 g/mol. The van der Waals surface area contributed by atoms with Crippen molar-refractivity contribution < 1.29 is 9.53 Å². The van der Waals surface area contributed by atoms with Crippen LogP contribution < -0.4 is 0 Å². The molecule has 1 unspecified atom stereocenters. The molecule has 0 N–H and O–H groups in total. The van der Waals surface area contributed by atoms with Crippen molar-refractivity contribution in [3.05, 3.63) is 40.4 Å². The van der Waals surface area contributed by atoms with Gasteiger partial charge in [0, 0.05) is 10.6 Å². The lowest BCUT2D eigenvalue weighted by molar-refractivity contribution is -0.137. The van der Waals surface area contributed by atoms with E-state index in [9.17, 15) is 4.79 Å². The van der Waals surface area contributed by atoms with Crippen molar-refractivity contribution in [3.8, 4) is 0 Å². The van der Waals surface area contributed by atoms with Crippen molar-refractivity contribution in [2.45, 2.75) is 20.0 Å². The Bertz CT molecular complexity index is 449. The van der Waals surface area contributed by atoms with E-state index in [-0.39, 0.29) is 12.1 Å². The van der Waals surface area contributed by atoms with Crippen LogP contribution in [0.1, 0.15) is 19.4 Å². The van der Waals surface area contributed by atoms with Crippen LogP contribution in [0.25, 0.3) is 5.57 Å². The molecule has 0 amide bonds. The lowest BCUT2D eigenvalue weighted by Crippen LogP contribution is -2.04. The lowest BCUT2D eigenvalue weighted by atomic mass is 10.0. The van der Waals surface area contributed by atoms with E-state index in [0.29, 0.717) is 10.6 Å². The van der Waals surface area contributed by atoms with E-state index in [0.717, 1.165) is 11.1 Å². The number of ether oxygens (including phenoxy) is 1. The molecule has 0 spiro atoms. The van der Waals surface area contributed by atoms with Crippen molar-refractivity contribution in [1.29, 1.82) is 0 Å². The summed E-state index contributed by atoms with van der Waals surface area (Å²) in [5.41, 5.74) is 2.30. The second-order valence-electron chi connectivity index (χ2n) is 3.59. The summed E-state index contributed by atoms with van der Waals surface area (Å²) in [6.45, 7) is 3.76. The fourth-order valence-electron chi connectivity index (χ4n) is 1.66. The molecule has 0 radical (unpaired) electrons. The van der Waals surface area contributed by atoms with Gasteiger partial charge in [0.1, 0.15) is 6.10 Å². The highest BCUT2D eigenvalue weighted by atomic mass is 35.5. The first kappa shape index (κ1) is 10.2. The number of benzene rings is 1. The maximum Gasteiger partial charge on any atom is 0.339 e. The molecule has 15 heavy (non-hydrogen) atoms. The monoisotopic (exact) mass is 222 g/mol. The summed E-state index contributed by atoms with van der Waals surface area (Å²) in [6.07, 6.45) is -0.149. The number of cyclic esters (lactones) is 1. The van der Waals surface area contributed by atoms with Gasteiger partial charge in [-0.2, -0.15) is 0 Å². The highest BCUT2D eigenvalue weighted by Crippen LogP contribution is 2.33. The maximum absolute atomic E-state index is 11.6. The van der Waals surface area contributed by atoms with Crippen molar-refractivity contribution in [2.75, 3.05) is 0 Å². The first-order valence-corrected chi connectivity index (χ1v) is 5.15. The number of hydrogen-bond donors (Lipinski definition) is 0. The molecular formula is C12H11ClO2. The summed E-state index contributed by atoms with van der Waals surface area (Å²) in [4.78, 5) is 11.6. The SMILES string of the molecule is CC1=C(c2ccccc2Cl)C(=O)OC1C. The van der Waals surface area contributed by atoms with Gasteiger partial charge in [0.2, 0.25) is 0 Å². The van der Waals surface area contributed by atoms with Crippen molar-refractivity contribution in [1.82, 2.24) is 0 Å². The summed E-state index contributed by atoms with van der Waals surface area (Å²) in [6, 6.07) is 7.30. The summed E-state index contributed by atoms with van der Waals surface area (Å²) >= 11 is 6.04.